The van der Waals surface area contributed by atoms with Crippen LogP contribution in [0.25, 0.3) is 5.70 Å². The summed E-state index contributed by atoms with van der Waals surface area (Å²) in [5.74, 6) is 2.09. The molecule has 150 valence electrons. The van der Waals surface area contributed by atoms with Crippen molar-refractivity contribution in [3.05, 3.63) is 36.2 Å². The van der Waals surface area contributed by atoms with Crippen molar-refractivity contribution < 1.29 is 9.53 Å². The second-order valence-corrected chi connectivity index (χ2v) is 9.97. The average molecular weight is 381 g/mol. The molecule has 4 nitrogen and oxygen atoms in total. The van der Waals surface area contributed by atoms with E-state index in [0.29, 0.717) is 5.92 Å². The standard InChI is InChI=1S/C24H32N2O2/c1-16(27)28-18-9-11-23(2)17(15-18)5-6-19-20-7-8-22(26-14-4-13-25-26)24(20,3)12-10-21(19)23/h4-5,8,13-14,18-21H,6-7,9-12,15H2,1-3H3/t18-,19-,20-,21-,23-,24-/m0/s1. The molecule has 0 unspecified atom stereocenters. The van der Waals surface area contributed by atoms with Gasteiger partial charge in [0.2, 0.25) is 0 Å². The van der Waals surface area contributed by atoms with Crippen LogP contribution in [0.3, 0.4) is 0 Å². The third-order valence-corrected chi connectivity index (χ3v) is 8.68. The molecule has 0 aliphatic heterocycles. The molecule has 0 bridgehead atoms. The van der Waals surface area contributed by atoms with Crippen LogP contribution < -0.4 is 0 Å². The van der Waals surface area contributed by atoms with Crippen molar-refractivity contribution in [3.8, 4) is 0 Å². The molecule has 0 amide bonds. The van der Waals surface area contributed by atoms with Crippen LogP contribution in [0.15, 0.2) is 36.2 Å². The summed E-state index contributed by atoms with van der Waals surface area (Å²) in [4.78, 5) is 11.4. The third kappa shape index (κ3) is 2.56. The number of esters is 1. The minimum Gasteiger partial charge on any atom is -0.462 e. The molecule has 4 heteroatoms. The van der Waals surface area contributed by atoms with Gasteiger partial charge in [-0.15, -0.1) is 0 Å². The van der Waals surface area contributed by atoms with Gasteiger partial charge in [0.1, 0.15) is 6.10 Å². The Balaban J connectivity index is 1.41. The fraction of sp³-hybridized carbons (Fsp3) is 0.667. The molecule has 6 atom stereocenters. The fourth-order valence-corrected chi connectivity index (χ4v) is 7.27. The Kier molecular flexibility index (Phi) is 4.12. The van der Waals surface area contributed by atoms with Gasteiger partial charge in [0.05, 0.1) is 0 Å². The van der Waals surface area contributed by atoms with Crippen molar-refractivity contribution in [3.63, 3.8) is 0 Å². The fourth-order valence-electron chi connectivity index (χ4n) is 7.27. The molecule has 0 aromatic carbocycles. The van der Waals surface area contributed by atoms with E-state index in [1.165, 1.54) is 38.3 Å². The number of carbonyl (C=O) groups is 1. The predicted molar refractivity (Wildman–Crippen MR) is 109 cm³/mol. The number of hydrogen-bond donors (Lipinski definition) is 0. The molecule has 5 rings (SSSR count). The second-order valence-electron chi connectivity index (χ2n) is 9.97. The zero-order chi connectivity index (χ0) is 19.5. The number of aromatic nitrogens is 2. The Morgan fingerprint density at radius 1 is 1.14 bits per heavy atom. The summed E-state index contributed by atoms with van der Waals surface area (Å²) in [7, 11) is 0. The minimum absolute atomic E-state index is 0.0850. The van der Waals surface area contributed by atoms with Gasteiger partial charge in [-0.25, -0.2) is 4.68 Å². The lowest BCUT2D eigenvalue weighted by atomic mass is 9.48. The number of ether oxygens (including phenoxy) is 1. The number of fused-ring (bicyclic) bond motifs is 5. The third-order valence-electron chi connectivity index (χ3n) is 8.68. The number of carbonyl (C=O) groups excluding carboxylic acids is 1. The summed E-state index contributed by atoms with van der Waals surface area (Å²) < 4.78 is 7.67. The van der Waals surface area contributed by atoms with E-state index in [1.807, 2.05) is 12.3 Å². The quantitative estimate of drug-likeness (QED) is 0.521. The first-order chi connectivity index (χ1) is 13.4. The van der Waals surface area contributed by atoms with Gasteiger partial charge < -0.3 is 4.74 Å². The van der Waals surface area contributed by atoms with Gasteiger partial charge in [0, 0.05) is 36.9 Å². The van der Waals surface area contributed by atoms with Crippen molar-refractivity contribution in [2.24, 2.45) is 28.6 Å². The van der Waals surface area contributed by atoms with Crippen LogP contribution >= 0.6 is 0 Å². The molecule has 2 saturated carbocycles. The van der Waals surface area contributed by atoms with E-state index in [4.69, 9.17) is 4.74 Å². The van der Waals surface area contributed by atoms with Crippen LogP contribution in [0, 0.1) is 28.6 Å². The van der Waals surface area contributed by atoms with Gasteiger partial charge in [-0.1, -0.05) is 31.6 Å². The van der Waals surface area contributed by atoms with E-state index < -0.39 is 0 Å². The second kappa shape index (κ2) is 6.33. The number of nitrogens with zero attached hydrogens (tertiary/aromatic N) is 2. The van der Waals surface area contributed by atoms with Crippen LogP contribution in [0.4, 0.5) is 0 Å². The molecule has 1 aromatic heterocycles. The zero-order valence-electron chi connectivity index (χ0n) is 17.4. The van der Waals surface area contributed by atoms with Gasteiger partial charge >= 0.3 is 5.97 Å². The van der Waals surface area contributed by atoms with Gasteiger partial charge in [-0.2, -0.15) is 5.10 Å². The van der Waals surface area contributed by atoms with E-state index in [2.05, 4.69) is 42.0 Å². The number of allylic oxidation sites excluding steroid dienone is 3. The number of rotatable bonds is 2. The molecule has 2 fully saturated rings. The summed E-state index contributed by atoms with van der Waals surface area (Å²) in [5.41, 5.74) is 3.51. The highest BCUT2D eigenvalue weighted by Gasteiger charge is 2.57. The Bertz CT molecular complexity index is 839. The first kappa shape index (κ1) is 18.2. The van der Waals surface area contributed by atoms with Crippen molar-refractivity contribution in [1.29, 1.82) is 0 Å². The summed E-state index contributed by atoms with van der Waals surface area (Å²) >= 11 is 0. The first-order valence-electron chi connectivity index (χ1n) is 11.0. The maximum Gasteiger partial charge on any atom is 0.302 e. The predicted octanol–water partition coefficient (Wildman–Crippen LogP) is 5.23. The van der Waals surface area contributed by atoms with Crippen molar-refractivity contribution in [2.75, 3.05) is 0 Å². The average Bonchev–Trinajstić information content (AvgIpc) is 3.28. The minimum atomic E-state index is -0.139. The molecule has 0 spiro atoms. The van der Waals surface area contributed by atoms with Gasteiger partial charge in [0.15, 0.2) is 0 Å². The molecule has 0 radical (unpaired) electrons. The van der Waals surface area contributed by atoms with Crippen LogP contribution in [0.1, 0.15) is 65.7 Å². The molecular formula is C24H32N2O2. The van der Waals surface area contributed by atoms with Crippen LogP contribution in [-0.4, -0.2) is 21.9 Å². The molecule has 1 aromatic rings. The van der Waals surface area contributed by atoms with Crippen molar-refractivity contribution in [1.82, 2.24) is 9.78 Å². The SMILES string of the molecule is CC(=O)O[C@H]1CC[C@@]2(C)C(=CC[C@@H]3[C@@H]2CC[C@]2(C)C(n4cccn4)=CC[C@@H]32)C1. The normalized spacial score (nSPS) is 42.0. The Morgan fingerprint density at radius 3 is 2.71 bits per heavy atom. The van der Waals surface area contributed by atoms with Crippen molar-refractivity contribution >= 4 is 11.7 Å². The summed E-state index contributed by atoms with van der Waals surface area (Å²) in [6.07, 6.45) is 17.1. The summed E-state index contributed by atoms with van der Waals surface area (Å²) in [6.45, 7) is 6.51. The maximum atomic E-state index is 11.4. The number of hydrogen-bond acceptors (Lipinski definition) is 3. The lowest BCUT2D eigenvalue weighted by Crippen LogP contribution is -2.50. The molecular weight excluding hydrogens is 348 g/mol. The first-order valence-corrected chi connectivity index (χ1v) is 11.0. The van der Waals surface area contributed by atoms with Crippen LogP contribution in [0.2, 0.25) is 0 Å². The van der Waals surface area contributed by atoms with E-state index in [0.717, 1.165) is 31.1 Å². The zero-order valence-corrected chi connectivity index (χ0v) is 17.4. The molecule has 4 aliphatic carbocycles. The van der Waals surface area contributed by atoms with E-state index in [9.17, 15) is 4.79 Å². The highest BCUT2D eigenvalue weighted by molar-refractivity contribution is 5.66. The molecule has 0 N–H and O–H groups in total. The van der Waals surface area contributed by atoms with E-state index >= 15 is 0 Å². The Morgan fingerprint density at radius 2 is 1.96 bits per heavy atom. The van der Waals surface area contributed by atoms with Gasteiger partial charge in [0.25, 0.3) is 0 Å². The molecule has 1 heterocycles. The smallest absolute Gasteiger partial charge is 0.302 e. The Hall–Kier alpha value is -1.84. The summed E-state index contributed by atoms with van der Waals surface area (Å²) in [6, 6.07) is 2.03. The van der Waals surface area contributed by atoms with Gasteiger partial charge in [-0.05, 0) is 67.8 Å². The van der Waals surface area contributed by atoms with E-state index in [-0.39, 0.29) is 22.9 Å². The molecule has 4 aliphatic rings. The lowest BCUT2D eigenvalue weighted by molar-refractivity contribution is -0.148. The highest BCUT2D eigenvalue weighted by atomic mass is 16.5. The maximum absolute atomic E-state index is 11.4. The summed E-state index contributed by atoms with van der Waals surface area (Å²) in [5, 5.41) is 4.54. The van der Waals surface area contributed by atoms with Crippen LogP contribution in [-0.2, 0) is 9.53 Å². The monoisotopic (exact) mass is 380 g/mol. The topological polar surface area (TPSA) is 44.1 Å². The molecule has 28 heavy (non-hydrogen) atoms. The van der Waals surface area contributed by atoms with Crippen LogP contribution in [0.5, 0.6) is 0 Å². The van der Waals surface area contributed by atoms with Gasteiger partial charge in [-0.3, -0.25) is 4.79 Å². The van der Waals surface area contributed by atoms with E-state index in [1.54, 1.807) is 5.57 Å². The largest absolute Gasteiger partial charge is 0.462 e. The Labute approximate surface area is 168 Å². The van der Waals surface area contributed by atoms with Crippen molar-refractivity contribution in [2.45, 2.75) is 71.8 Å². The highest BCUT2D eigenvalue weighted by Crippen LogP contribution is 2.65. The lowest BCUT2D eigenvalue weighted by Gasteiger charge is -2.57. The molecule has 0 saturated heterocycles.